The summed E-state index contributed by atoms with van der Waals surface area (Å²) in [4.78, 5) is 13.7. The highest BCUT2D eigenvalue weighted by Gasteiger charge is 2.02. The van der Waals surface area contributed by atoms with Crippen LogP contribution in [0.5, 0.6) is 5.75 Å². The minimum atomic E-state index is -0.0424. The zero-order valence-corrected chi connectivity index (χ0v) is 11.5. The topological polar surface area (TPSA) is 71.5 Å². The monoisotopic (exact) mass is 273 g/mol. The first-order valence-electron chi connectivity index (χ1n) is 6.52. The molecule has 0 saturated carbocycles. The molecule has 0 fully saturated rings. The van der Waals surface area contributed by atoms with Crippen molar-refractivity contribution in [3.63, 3.8) is 0 Å². The van der Waals surface area contributed by atoms with Crippen LogP contribution in [0.4, 0.5) is 11.4 Å². The number of rotatable bonds is 5. The molecule has 0 aliphatic heterocycles. The lowest BCUT2D eigenvalue weighted by Crippen LogP contribution is -2.23. The van der Waals surface area contributed by atoms with Crippen LogP contribution in [0.25, 0.3) is 0 Å². The average Bonchev–Trinajstić information content (AvgIpc) is 2.42. The number of nitrogens with zero attached hydrogens (tertiary/aromatic N) is 2. The smallest absolute Gasteiger partial charge is 0.250 e. The van der Waals surface area contributed by atoms with E-state index in [0.717, 1.165) is 18.7 Å². The fraction of sp³-hybridized carbons (Fsp3) is 0.267. The molecule has 0 saturated heterocycles. The molecule has 106 valence electrons. The van der Waals surface area contributed by atoms with Crippen LogP contribution in [0.15, 0.2) is 47.4 Å². The Kier molecular flexibility index (Phi) is 4.30. The number of pyridine rings is 1. The normalized spacial score (nSPS) is 10.4. The third-order valence-electron chi connectivity index (χ3n) is 3.17. The molecule has 0 aliphatic carbocycles. The summed E-state index contributed by atoms with van der Waals surface area (Å²) in [5.41, 5.74) is 7.16. The maximum absolute atomic E-state index is 11.6. The van der Waals surface area contributed by atoms with Crippen LogP contribution in [-0.4, -0.2) is 23.3 Å². The maximum atomic E-state index is 11.6. The summed E-state index contributed by atoms with van der Waals surface area (Å²) < 4.78 is 1.62. The first-order chi connectivity index (χ1) is 9.56. The van der Waals surface area contributed by atoms with Crippen LogP contribution in [0.3, 0.4) is 0 Å². The Balaban J connectivity index is 1.92. The van der Waals surface area contributed by atoms with Crippen molar-refractivity contribution in [2.45, 2.75) is 13.0 Å². The zero-order chi connectivity index (χ0) is 14.5. The fourth-order valence-corrected chi connectivity index (χ4v) is 2.06. The number of hydrogen-bond donors (Lipinski definition) is 2. The summed E-state index contributed by atoms with van der Waals surface area (Å²) in [7, 11) is 1.96. The van der Waals surface area contributed by atoms with E-state index in [4.69, 9.17) is 5.73 Å². The van der Waals surface area contributed by atoms with E-state index >= 15 is 0 Å². The van der Waals surface area contributed by atoms with Gasteiger partial charge in [0.25, 0.3) is 5.56 Å². The highest BCUT2D eigenvalue weighted by atomic mass is 16.3. The number of aryl methyl sites for hydroxylation is 1. The molecular formula is C15H19N3O2. The van der Waals surface area contributed by atoms with Gasteiger partial charge in [-0.1, -0.05) is 6.07 Å². The van der Waals surface area contributed by atoms with E-state index in [1.165, 1.54) is 6.07 Å². The van der Waals surface area contributed by atoms with E-state index < -0.39 is 0 Å². The van der Waals surface area contributed by atoms with Gasteiger partial charge in [-0.15, -0.1) is 0 Å². The molecule has 1 aromatic heterocycles. The van der Waals surface area contributed by atoms with Crippen LogP contribution < -0.4 is 16.2 Å². The van der Waals surface area contributed by atoms with E-state index in [0.29, 0.717) is 12.2 Å². The Bertz CT molecular complexity index is 637. The second-order valence-electron chi connectivity index (χ2n) is 4.79. The van der Waals surface area contributed by atoms with Crippen molar-refractivity contribution >= 4 is 11.4 Å². The summed E-state index contributed by atoms with van der Waals surface area (Å²) in [6.45, 7) is 1.40. The number of aromatic hydroxyl groups is 1. The molecule has 5 nitrogen and oxygen atoms in total. The van der Waals surface area contributed by atoms with Gasteiger partial charge < -0.3 is 20.3 Å². The van der Waals surface area contributed by atoms with E-state index in [1.807, 2.05) is 24.1 Å². The standard InChI is InChI=1S/C15H19N3O2/c1-17(13-4-2-5-14(19)10-13)8-3-9-18-11-12(16)6-7-15(18)20/h2,4-7,10-11,19H,3,8-9,16H2,1H3. The number of anilines is 2. The summed E-state index contributed by atoms with van der Waals surface area (Å²) in [5, 5.41) is 9.45. The molecule has 3 N–H and O–H groups in total. The van der Waals surface area contributed by atoms with Gasteiger partial charge in [-0.3, -0.25) is 4.79 Å². The molecule has 1 heterocycles. The molecule has 0 bridgehead atoms. The number of hydrogen-bond acceptors (Lipinski definition) is 4. The molecule has 1 aromatic carbocycles. The highest BCUT2D eigenvalue weighted by molar-refractivity contribution is 5.49. The largest absolute Gasteiger partial charge is 0.508 e. The molecule has 2 rings (SSSR count). The summed E-state index contributed by atoms with van der Waals surface area (Å²) in [5.74, 6) is 0.251. The fourth-order valence-electron chi connectivity index (χ4n) is 2.06. The van der Waals surface area contributed by atoms with E-state index in [1.54, 1.807) is 29.0 Å². The van der Waals surface area contributed by atoms with Gasteiger partial charge in [0.05, 0.1) is 0 Å². The van der Waals surface area contributed by atoms with Crippen molar-refractivity contribution < 1.29 is 5.11 Å². The Morgan fingerprint density at radius 1 is 1.30 bits per heavy atom. The highest BCUT2D eigenvalue weighted by Crippen LogP contribution is 2.18. The molecule has 2 aromatic rings. The number of benzene rings is 1. The maximum Gasteiger partial charge on any atom is 0.250 e. The molecule has 20 heavy (non-hydrogen) atoms. The molecule has 0 atom stereocenters. The molecule has 0 radical (unpaired) electrons. The second kappa shape index (κ2) is 6.14. The Morgan fingerprint density at radius 2 is 2.10 bits per heavy atom. The van der Waals surface area contributed by atoms with Crippen molar-refractivity contribution in [1.82, 2.24) is 4.57 Å². The zero-order valence-electron chi connectivity index (χ0n) is 11.5. The minimum Gasteiger partial charge on any atom is -0.508 e. The van der Waals surface area contributed by atoms with Crippen LogP contribution in [0.1, 0.15) is 6.42 Å². The van der Waals surface area contributed by atoms with Crippen molar-refractivity contribution in [1.29, 1.82) is 0 Å². The van der Waals surface area contributed by atoms with Gasteiger partial charge in [0.15, 0.2) is 0 Å². The Morgan fingerprint density at radius 3 is 2.85 bits per heavy atom. The first kappa shape index (κ1) is 14.0. The van der Waals surface area contributed by atoms with Gasteiger partial charge in [-0.05, 0) is 24.6 Å². The predicted molar refractivity (Wildman–Crippen MR) is 81.1 cm³/mol. The molecule has 0 spiro atoms. The molecular weight excluding hydrogens is 254 g/mol. The quantitative estimate of drug-likeness (QED) is 0.869. The van der Waals surface area contributed by atoms with Gasteiger partial charge in [0.2, 0.25) is 0 Å². The molecule has 0 aliphatic rings. The van der Waals surface area contributed by atoms with Crippen molar-refractivity contribution in [2.75, 3.05) is 24.2 Å². The van der Waals surface area contributed by atoms with E-state index in [-0.39, 0.29) is 11.3 Å². The van der Waals surface area contributed by atoms with Crippen LogP contribution in [0.2, 0.25) is 0 Å². The van der Waals surface area contributed by atoms with Gasteiger partial charge in [0.1, 0.15) is 5.75 Å². The van der Waals surface area contributed by atoms with Gasteiger partial charge in [0, 0.05) is 49.8 Å². The first-order valence-corrected chi connectivity index (χ1v) is 6.52. The average molecular weight is 273 g/mol. The predicted octanol–water partition coefficient (Wildman–Crippen LogP) is 1.66. The van der Waals surface area contributed by atoms with Crippen molar-refractivity contribution in [3.8, 4) is 5.75 Å². The third-order valence-corrected chi connectivity index (χ3v) is 3.17. The SMILES string of the molecule is CN(CCCn1cc(N)ccc1=O)c1cccc(O)c1. The summed E-state index contributed by atoms with van der Waals surface area (Å²) in [6, 6.07) is 10.2. The van der Waals surface area contributed by atoms with Crippen molar-refractivity contribution in [2.24, 2.45) is 0 Å². The molecule has 0 amide bonds. The van der Waals surface area contributed by atoms with Crippen LogP contribution in [-0.2, 0) is 6.54 Å². The van der Waals surface area contributed by atoms with Gasteiger partial charge >= 0.3 is 0 Å². The Hall–Kier alpha value is -2.43. The number of phenols is 1. The molecule has 0 unspecified atom stereocenters. The van der Waals surface area contributed by atoms with E-state index in [9.17, 15) is 9.90 Å². The molecule has 5 heteroatoms. The lowest BCUT2D eigenvalue weighted by molar-refractivity contribution is 0.475. The Labute approximate surface area is 117 Å². The number of aromatic nitrogens is 1. The third kappa shape index (κ3) is 3.54. The van der Waals surface area contributed by atoms with E-state index in [2.05, 4.69) is 0 Å². The lowest BCUT2D eigenvalue weighted by atomic mass is 10.2. The minimum absolute atomic E-state index is 0.0424. The van der Waals surface area contributed by atoms with Gasteiger partial charge in [-0.25, -0.2) is 0 Å². The summed E-state index contributed by atoms with van der Waals surface area (Å²) >= 11 is 0. The number of nitrogens with two attached hydrogens (primary N) is 1. The number of nitrogen functional groups attached to an aromatic ring is 1. The number of phenolic OH excluding ortho intramolecular Hbond substituents is 1. The van der Waals surface area contributed by atoms with Crippen molar-refractivity contribution in [3.05, 3.63) is 52.9 Å². The van der Waals surface area contributed by atoms with Gasteiger partial charge in [-0.2, -0.15) is 0 Å². The van der Waals surface area contributed by atoms with Crippen LogP contribution in [0, 0.1) is 0 Å². The second-order valence-corrected chi connectivity index (χ2v) is 4.79. The summed E-state index contributed by atoms with van der Waals surface area (Å²) in [6.07, 6.45) is 2.48. The lowest BCUT2D eigenvalue weighted by Gasteiger charge is -2.19. The van der Waals surface area contributed by atoms with Crippen LogP contribution >= 0.6 is 0 Å².